The van der Waals surface area contributed by atoms with Gasteiger partial charge in [0.1, 0.15) is 6.54 Å². The second kappa shape index (κ2) is 7.15. The number of benzene rings is 2. The Hall–Kier alpha value is -2.85. The Morgan fingerprint density at radius 2 is 1.71 bits per heavy atom. The highest BCUT2D eigenvalue weighted by Gasteiger charge is 2.26. The number of carboxylic acids is 1. The van der Waals surface area contributed by atoms with Gasteiger partial charge in [-0.05, 0) is 36.8 Å². The van der Waals surface area contributed by atoms with E-state index in [1.807, 2.05) is 13.0 Å². The van der Waals surface area contributed by atoms with Gasteiger partial charge < -0.3 is 5.11 Å². The first-order chi connectivity index (χ1) is 11.3. The van der Waals surface area contributed by atoms with Crippen LogP contribution in [0.3, 0.4) is 0 Å². The Morgan fingerprint density at radius 3 is 2.21 bits per heavy atom. The van der Waals surface area contributed by atoms with E-state index in [0.717, 1.165) is 15.4 Å². The van der Waals surface area contributed by atoms with Gasteiger partial charge in [0, 0.05) is 0 Å². The standard InChI is InChI=1S/C17H16N2O4S/c1-13-2-8-16(9-3-13)24(22,23)19(12-17(20)21)15-6-4-14(5-7-15)10-11-18/h2-9H,10,12H2,1H3,(H,20,21). The number of nitrogens with zero attached hydrogens (tertiary/aromatic N) is 2. The fourth-order valence-electron chi connectivity index (χ4n) is 2.15. The molecule has 0 bridgehead atoms. The predicted molar refractivity (Wildman–Crippen MR) is 89.1 cm³/mol. The molecule has 0 spiro atoms. The minimum absolute atomic E-state index is 0.0236. The van der Waals surface area contributed by atoms with Gasteiger partial charge in [-0.3, -0.25) is 9.10 Å². The first-order valence-corrected chi connectivity index (χ1v) is 8.55. The number of sulfonamides is 1. The molecule has 1 N–H and O–H groups in total. The molecule has 0 fully saturated rings. The van der Waals surface area contributed by atoms with Crippen molar-refractivity contribution in [3.8, 4) is 6.07 Å². The number of hydrogen-bond acceptors (Lipinski definition) is 4. The third-order valence-electron chi connectivity index (χ3n) is 3.40. The molecule has 124 valence electrons. The number of aryl methyl sites for hydroxylation is 1. The van der Waals surface area contributed by atoms with Gasteiger partial charge in [0.15, 0.2) is 0 Å². The molecule has 0 saturated heterocycles. The van der Waals surface area contributed by atoms with Crippen LogP contribution in [0.1, 0.15) is 11.1 Å². The second-order valence-electron chi connectivity index (χ2n) is 5.22. The monoisotopic (exact) mass is 344 g/mol. The van der Waals surface area contributed by atoms with Crippen molar-refractivity contribution < 1.29 is 18.3 Å². The van der Waals surface area contributed by atoms with Gasteiger partial charge in [-0.25, -0.2) is 8.42 Å². The summed E-state index contributed by atoms with van der Waals surface area (Å²) in [5, 5.41) is 17.8. The number of hydrogen-bond donors (Lipinski definition) is 1. The smallest absolute Gasteiger partial charge is 0.324 e. The Balaban J connectivity index is 2.46. The highest BCUT2D eigenvalue weighted by Crippen LogP contribution is 2.24. The molecule has 0 unspecified atom stereocenters. The average molecular weight is 344 g/mol. The van der Waals surface area contributed by atoms with Crippen molar-refractivity contribution in [2.75, 3.05) is 10.8 Å². The van der Waals surface area contributed by atoms with E-state index in [1.54, 1.807) is 24.3 Å². The summed E-state index contributed by atoms with van der Waals surface area (Å²) in [5.74, 6) is -1.26. The van der Waals surface area contributed by atoms with E-state index in [4.69, 9.17) is 10.4 Å². The van der Waals surface area contributed by atoms with Crippen LogP contribution >= 0.6 is 0 Å². The number of rotatable bonds is 6. The van der Waals surface area contributed by atoms with Crippen molar-refractivity contribution in [1.29, 1.82) is 5.26 Å². The highest BCUT2D eigenvalue weighted by atomic mass is 32.2. The van der Waals surface area contributed by atoms with Crippen LogP contribution in [0, 0.1) is 18.3 Å². The van der Waals surface area contributed by atoms with Crippen LogP contribution in [0.4, 0.5) is 5.69 Å². The maximum Gasteiger partial charge on any atom is 0.324 e. The van der Waals surface area contributed by atoms with Crippen LogP contribution in [0.5, 0.6) is 0 Å². The largest absolute Gasteiger partial charge is 0.480 e. The van der Waals surface area contributed by atoms with Gasteiger partial charge >= 0.3 is 5.97 Å². The number of aliphatic carboxylic acids is 1. The molecule has 6 nitrogen and oxygen atoms in total. The van der Waals surface area contributed by atoms with E-state index in [9.17, 15) is 13.2 Å². The van der Waals surface area contributed by atoms with Crippen LogP contribution in [-0.2, 0) is 21.2 Å². The molecule has 0 aromatic heterocycles. The molecule has 0 amide bonds. The Labute approximate surface area is 140 Å². The van der Waals surface area contributed by atoms with Crippen molar-refractivity contribution in [1.82, 2.24) is 0 Å². The average Bonchev–Trinajstić information content (AvgIpc) is 2.54. The molecule has 2 aromatic carbocycles. The lowest BCUT2D eigenvalue weighted by Crippen LogP contribution is -2.35. The predicted octanol–water partition coefficient (Wildman–Crippen LogP) is 2.34. The van der Waals surface area contributed by atoms with Gasteiger partial charge in [0.05, 0.1) is 23.1 Å². The summed E-state index contributed by atoms with van der Waals surface area (Å²) >= 11 is 0. The summed E-state index contributed by atoms with van der Waals surface area (Å²) in [4.78, 5) is 11.2. The van der Waals surface area contributed by atoms with Gasteiger partial charge in [-0.1, -0.05) is 29.8 Å². The Morgan fingerprint density at radius 1 is 1.12 bits per heavy atom. The summed E-state index contributed by atoms with van der Waals surface area (Å²) in [6, 6.07) is 14.4. The lowest BCUT2D eigenvalue weighted by molar-refractivity contribution is -0.135. The number of carbonyl (C=O) groups is 1. The zero-order valence-electron chi connectivity index (χ0n) is 13.0. The molecule has 0 heterocycles. The van der Waals surface area contributed by atoms with Crippen molar-refractivity contribution in [3.63, 3.8) is 0 Å². The molecule has 0 aliphatic rings. The molecule has 0 saturated carbocycles. The summed E-state index contributed by atoms with van der Waals surface area (Å²) in [5.41, 5.74) is 1.86. The van der Waals surface area contributed by atoms with Crippen molar-refractivity contribution >= 4 is 21.7 Å². The first-order valence-electron chi connectivity index (χ1n) is 7.11. The molecular weight excluding hydrogens is 328 g/mol. The zero-order valence-corrected chi connectivity index (χ0v) is 13.8. The van der Waals surface area contributed by atoms with E-state index in [0.29, 0.717) is 0 Å². The topological polar surface area (TPSA) is 98.5 Å². The molecule has 2 aromatic rings. The molecule has 0 atom stereocenters. The summed E-state index contributed by atoms with van der Waals surface area (Å²) in [6.07, 6.45) is 0.198. The third-order valence-corrected chi connectivity index (χ3v) is 5.18. The van der Waals surface area contributed by atoms with Crippen LogP contribution in [0.2, 0.25) is 0 Å². The summed E-state index contributed by atoms with van der Waals surface area (Å²) < 4.78 is 26.4. The van der Waals surface area contributed by atoms with E-state index in [-0.39, 0.29) is 17.0 Å². The number of nitriles is 1. The van der Waals surface area contributed by atoms with Crippen LogP contribution in [-0.4, -0.2) is 26.0 Å². The SMILES string of the molecule is Cc1ccc(S(=O)(=O)N(CC(=O)O)c2ccc(CC#N)cc2)cc1. The van der Waals surface area contributed by atoms with Crippen molar-refractivity contribution in [2.45, 2.75) is 18.2 Å². The number of anilines is 1. The number of carboxylic acid groups (broad SMARTS) is 1. The van der Waals surface area contributed by atoms with Crippen molar-refractivity contribution in [2.24, 2.45) is 0 Å². The lowest BCUT2D eigenvalue weighted by Gasteiger charge is -2.23. The molecular formula is C17H16N2O4S. The van der Waals surface area contributed by atoms with E-state index in [1.165, 1.54) is 24.3 Å². The highest BCUT2D eigenvalue weighted by molar-refractivity contribution is 7.92. The molecule has 7 heteroatoms. The van der Waals surface area contributed by atoms with E-state index in [2.05, 4.69) is 0 Å². The van der Waals surface area contributed by atoms with Gasteiger partial charge in [0.2, 0.25) is 0 Å². The van der Waals surface area contributed by atoms with Gasteiger partial charge in [-0.15, -0.1) is 0 Å². The normalized spacial score (nSPS) is 10.8. The fourth-order valence-corrected chi connectivity index (χ4v) is 3.56. The molecule has 24 heavy (non-hydrogen) atoms. The van der Waals surface area contributed by atoms with E-state index < -0.39 is 22.5 Å². The van der Waals surface area contributed by atoms with Gasteiger partial charge in [0.25, 0.3) is 10.0 Å². The van der Waals surface area contributed by atoms with Crippen molar-refractivity contribution in [3.05, 3.63) is 59.7 Å². The zero-order chi connectivity index (χ0) is 17.7. The fraction of sp³-hybridized carbons (Fsp3) is 0.176. The quantitative estimate of drug-likeness (QED) is 0.867. The van der Waals surface area contributed by atoms with Gasteiger partial charge in [-0.2, -0.15) is 5.26 Å². The minimum Gasteiger partial charge on any atom is -0.480 e. The lowest BCUT2D eigenvalue weighted by atomic mass is 10.1. The summed E-state index contributed by atoms with van der Waals surface area (Å²) in [6.45, 7) is 1.15. The molecule has 0 aliphatic heterocycles. The van der Waals surface area contributed by atoms with Crippen LogP contribution in [0.15, 0.2) is 53.4 Å². The van der Waals surface area contributed by atoms with Crippen LogP contribution < -0.4 is 4.31 Å². The second-order valence-corrected chi connectivity index (χ2v) is 7.08. The third kappa shape index (κ3) is 3.91. The maximum atomic E-state index is 12.8. The van der Waals surface area contributed by atoms with E-state index >= 15 is 0 Å². The Bertz CT molecular complexity index is 866. The molecule has 2 rings (SSSR count). The van der Waals surface area contributed by atoms with Crippen LogP contribution in [0.25, 0.3) is 0 Å². The first kappa shape index (κ1) is 17.5. The summed E-state index contributed by atoms with van der Waals surface area (Å²) in [7, 11) is -4.00. The Kier molecular flexibility index (Phi) is 5.21. The molecule has 0 radical (unpaired) electrons. The molecule has 0 aliphatic carbocycles. The maximum absolute atomic E-state index is 12.8. The minimum atomic E-state index is -4.00.